The lowest BCUT2D eigenvalue weighted by Gasteiger charge is -2.10. The van der Waals surface area contributed by atoms with Crippen LogP contribution in [0.5, 0.6) is 5.75 Å². The SMILES string of the molecule is CC(C#N)Oc1cc(F)c(S(=O)(=O)Cl)cc1Br. The molecule has 1 rings (SSSR count). The molecule has 1 aromatic rings. The molecule has 92 valence electrons. The maximum absolute atomic E-state index is 13.4. The summed E-state index contributed by atoms with van der Waals surface area (Å²) in [6, 6.07) is 3.63. The molecular formula is C9H6BrClFNO3S. The van der Waals surface area contributed by atoms with Crippen LogP contribution in [0.25, 0.3) is 0 Å². The van der Waals surface area contributed by atoms with Crippen molar-refractivity contribution < 1.29 is 17.5 Å². The second-order valence-corrected chi connectivity index (χ2v) is 6.43. The van der Waals surface area contributed by atoms with Gasteiger partial charge in [0.25, 0.3) is 9.05 Å². The third kappa shape index (κ3) is 3.56. The van der Waals surface area contributed by atoms with E-state index in [-0.39, 0.29) is 10.2 Å². The largest absolute Gasteiger partial charge is 0.475 e. The van der Waals surface area contributed by atoms with Crippen LogP contribution in [0.4, 0.5) is 4.39 Å². The highest BCUT2D eigenvalue weighted by molar-refractivity contribution is 9.10. The summed E-state index contributed by atoms with van der Waals surface area (Å²) < 4.78 is 40.7. The zero-order valence-corrected chi connectivity index (χ0v) is 11.6. The molecule has 0 radical (unpaired) electrons. The fourth-order valence-electron chi connectivity index (χ4n) is 1.00. The van der Waals surface area contributed by atoms with Crippen molar-refractivity contribution in [3.63, 3.8) is 0 Å². The van der Waals surface area contributed by atoms with E-state index < -0.39 is 25.9 Å². The molecule has 0 aliphatic rings. The van der Waals surface area contributed by atoms with Crippen LogP contribution >= 0.6 is 26.6 Å². The van der Waals surface area contributed by atoms with E-state index in [1.165, 1.54) is 6.92 Å². The zero-order valence-electron chi connectivity index (χ0n) is 8.45. The molecule has 17 heavy (non-hydrogen) atoms. The van der Waals surface area contributed by atoms with Gasteiger partial charge >= 0.3 is 0 Å². The predicted octanol–water partition coefficient (Wildman–Crippen LogP) is 2.81. The maximum atomic E-state index is 13.4. The van der Waals surface area contributed by atoms with E-state index in [1.54, 1.807) is 6.07 Å². The molecule has 0 bridgehead atoms. The molecule has 0 amide bonds. The Labute approximate surface area is 110 Å². The summed E-state index contributed by atoms with van der Waals surface area (Å²) in [4.78, 5) is -0.650. The average Bonchev–Trinajstić information content (AvgIpc) is 2.21. The summed E-state index contributed by atoms with van der Waals surface area (Å²) in [5.41, 5.74) is 0. The molecule has 0 aromatic heterocycles. The first-order valence-electron chi connectivity index (χ1n) is 4.25. The van der Waals surface area contributed by atoms with Gasteiger partial charge in [-0.3, -0.25) is 0 Å². The first kappa shape index (κ1) is 14.2. The Kier molecular flexibility index (Phi) is 4.36. The van der Waals surface area contributed by atoms with Crippen molar-refractivity contribution >= 4 is 35.7 Å². The second kappa shape index (κ2) is 5.21. The number of nitrogens with zero attached hydrogens (tertiary/aromatic N) is 1. The van der Waals surface area contributed by atoms with Crippen LogP contribution in [0.15, 0.2) is 21.5 Å². The van der Waals surface area contributed by atoms with Crippen molar-refractivity contribution in [1.82, 2.24) is 0 Å². The molecule has 8 heteroatoms. The van der Waals surface area contributed by atoms with E-state index in [1.807, 2.05) is 0 Å². The standard InChI is InChI=1S/C9H6BrClFNO3S/c1-5(4-13)16-8-3-7(12)9(2-6(8)10)17(11,14)15/h2-3,5H,1H3. The lowest BCUT2D eigenvalue weighted by atomic mass is 10.3. The minimum atomic E-state index is -4.16. The van der Waals surface area contributed by atoms with Gasteiger partial charge in [0, 0.05) is 16.7 Å². The summed E-state index contributed by atoms with van der Waals surface area (Å²) in [6.45, 7) is 1.47. The molecule has 0 fully saturated rings. The Bertz CT molecular complexity index is 585. The van der Waals surface area contributed by atoms with Gasteiger partial charge in [0.2, 0.25) is 0 Å². The number of rotatable bonds is 3. The lowest BCUT2D eigenvalue weighted by Crippen LogP contribution is -2.09. The number of halogens is 3. The van der Waals surface area contributed by atoms with Crippen molar-refractivity contribution in [3.05, 3.63) is 22.4 Å². The molecule has 0 N–H and O–H groups in total. The highest BCUT2D eigenvalue weighted by Gasteiger charge is 2.20. The highest BCUT2D eigenvalue weighted by atomic mass is 79.9. The molecule has 4 nitrogen and oxygen atoms in total. The summed E-state index contributed by atoms with van der Waals surface area (Å²) >= 11 is 3.01. The van der Waals surface area contributed by atoms with Crippen LogP contribution in [-0.4, -0.2) is 14.5 Å². The third-order valence-corrected chi connectivity index (χ3v) is 3.69. The minimum Gasteiger partial charge on any atom is -0.475 e. The van der Waals surface area contributed by atoms with Crippen LogP contribution < -0.4 is 4.74 Å². The first-order valence-corrected chi connectivity index (χ1v) is 7.36. The second-order valence-electron chi connectivity index (χ2n) is 3.04. The fourth-order valence-corrected chi connectivity index (χ4v) is 2.50. The quantitative estimate of drug-likeness (QED) is 0.792. The topological polar surface area (TPSA) is 67.2 Å². The van der Waals surface area contributed by atoms with Crippen molar-refractivity contribution in [2.75, 3.05) is 0 Å². The smallest absolute Gasteiger partial charge is 0.264 e. The Morgan fingerprint density at radius 1 is 1.59 bits per heavy atom. The van der Waals surface area contributed by atoms with Crippen LogP contribution in [0, 0.1) is 17.1 Å². The van der Waals surface area contributed by atoms with Crippen LogP contribution in [0.1, 0.15) is 6.92 Å². The van der Waals surface area contributed by atoms with Gasteiger partial charge in [0.15, 0.2) is 6.10 Å². The number of ether oxygens (including phenoxy) is 1. The van der Waals surface area contributed by atoms with E-state index in [0.29, 0.717) is 0 Å². The Morgan fingerprint density at radius 2 is 2.18 bits per heavy atom. The van der Waals surface area contributed by atoms with E-state index in [4.69, 9.17) is 20.7 Å². The van der Waals surface area contributed by atoms with Gasteiger partial charge in [-0.1, -0.05) is 0 Å². The summed E-state index contributed by atoms with van der Waals surface area (Å²) in [5, 5.41) is 8.54. The van der Waals surface area contributed by atoms with Gasteiger partial charge in [-0.15, -0.1) is 0 Å². The van der Waals surface area contributed by atoms with E-state index >= 15 is 0 Å². The van der Waals surface area contributed by atoms with Crippen LogP contribution in [-0.2, 0) is 9.05 Å². The van der Waals surface area contributed by atoms with Gasteiger partial charge in [0.1, 0.15) is 22.5 Å². The summed E-state index contributed by atoms with van der Waals surface area (Å²) in [6.07, 6.45) is -0.788. The van der Waals surface area contributed by atoms with E-state index in [2.05, 4.69) is 15.9 Å². The van der Waals surface area contributed by atoms with E-state index in [9.17, 15) is 12.8 Å². The van der Waals surface area contributed by atoms with Crippen molar-refractivity contribution in [2.45, 2.75) is 17.9 Å². The number of benzene rings is 1. The van der Waals surface area contributed by atoms with E-state index in [0.717, 1.165) is 12.1 Å². The van der Waals surface area contributed by atoms with Gasteiger partial charge in [-0.25, -0.2) is 12.8 Å². The first-order chi connectivity index (χ1) is 7.75. The minimum absolute atomic E-state index is 0.0283. The Balaban J connectivity index is 3.25. The normalized spacial score (nSPS) is 12.9. The van der Waals surface area contributed by atoms with Gasteiger partial charge < -0.3 is 4.74 Å². The Hall–Kier alpha value is -0.840. The number of nitriles is 1. The number of hydrogen-bond acceptors (Lipinski definition) is 4. The Morgan fingerprint density at radius 3 is 2.65 bits per heavy atom. The molecule has 1 unspecified atom stereocenters. The van der Waals surface area contributed by atoms with Gasteiger partial charge in [0.05, 0.1) is 4.47 Å². The monoisotopic (exact) mass is 341 g/mol. The molecule has 0 saturated carbocycles. The van der Waals surface area contributed by atoms with Crippen LogP contribution in [0.2, 0.25) is 0 Å². The van der Waals surface area contributed by atoms with Crippen LogP contribution in [0.3, 0.4) is 0 Å². The fraction of sp³-hybridized carbons (Fsp3) is 0.222. The highest BCUT2D eigenvalue weighted by Crippen LogP contribution is 2.32. The molecule has 0 aliphatic carbocycles. The molecule has 0 heterocycles. The molecule has 0 aliphatic heterocycles. The van der Waals surface area contributed by atoms with Crippen molar-refractivity contribution in [1.29, 1.82) is 5.26 Å². The molecule has 0 saturated heterocycles. The molecule has 1 aromatic carbocycles. The predicted molar refractivity (Wildman–Crippen MR) is 62.8 cm³/mol. The molecule has 1 atom stereocenters. The van der Waals surface area contributed by atoms with Gasteiger partial charge in [-0.2, -0.15) is 5.26 Å². The molecule has 0 spiro atoms. The van der Waals surface area contributed by atoms with Gasteiger partial charge in [-0.05, 0) is 28.9 Å². The average molecular weight is 343 g/mol. The summed E-state index contributed by atoms with van der Waals surface area (Å²) in [5.74, 6) is -1.01. The number of hydrogen-bond donors (Lipinski definition) is 0. The zero-order chi connectivity index (χ0) is 13.2. The maximum Gasteiger partial charge on any atom is 0.264 e. The third-order valence-electron chi connectivity index (χ3n) is 1.73. The van der Waals surface area contributed by atoms with Crippen molar-refractivity contribution in [3.8, 4) is 11.8 Å². The lowest BCUT2D eigenvalue weighted by molar-refractivity contribution is 0.273. The summed E-state index contributed by atoms with van der Waals surface area (Å²) in [7, 11) is 0.879. The molecular weight excluding hydrogens is 337 g/mol. The van der Waals surface area contributed by atoms with Crippen molar-refractivity contribution in [2.24, 2.45) is 0 Å².